The maximum absolute atomic E-state index is 12.4. The number of ether oxygens (including phenoxy) is 1. The number of para-hydroxylation sites is 2. The normalized spacial score (nSPS) is 17.2. The van der Waals surface area contributed by atoms with Gasteiger partial charge in [-0.3, -0.25) is 4.79 Å². The molecule has 1 atom stereocenters. The molecule has 6 nitrogen and oxygen atoms in total. The van der Waals surface area contributed by atoms with Gasteiger partial charge < -0.3 is 15.0 Å². The van der Waals surface area contributed by atoms with E-state index in [-0.39, 0.29) is 10.9 Å². The van der Waals surface area contributed by atoms with E-state index in [0.717, 1.165) is 30.8 Å². The van der Waals surface area contributed by atoms with E-state index in [9.17, 15) is 13.2 Å². The molecule has 0 aliphatic carbocycles. The van der Waals surface area contributed by atoms with Crippen molar-refractivity contribution in [3.8, 4) is 5.75 Å². The largest absolute Gasteiger partial charge is 0.495 e. The van der Waals surface area contributed by atoms with Crippen LogP contribution >= 0.6 is 11.6 Å². The van der Waals surface area contributed by atoms with Crippen LogP contribution in [0, 0.1) is 0 Å². The van der Waals surface area contributed by atoms with Crippen LogP contribution in [0.2, 0.25) is 5.02 Å². The van der Waals surface area contributed by atoms with Gasteiger partial charge in [0.15, 0.2) is 9.84 Å². The lowest BCUT2D eigenvalue weighted by molar-refractivity contribution is -0.119. The molecular weight excluding hydrogens is 400 g/mol. The van der Waals surface area contributed by atoms with Crippen molar-refractivity contribution in [2.45, 2.75) is 23.8 Å². The van der Waals surface area contributed by atoms with E-state index in [1.807, 2.05) is 24.3 Å². The lowest BCUT2D eigenvalue weighted by atomic mass is 10.0. The number of methoxy groups -OCH3 is 1. The second kappa shape index (κ2) is 8.84. The van der Waals surface area contributed by atoms with Crippen LogP contribution in [0.15, 0.2) is 53.4 Å². The third-order valence-electron chi connectivity index (χ3n) is 4.71. The molecule has 1 amide bonds. The molecule has 0 saturated carbocycles. The van der Waals surface area contributed by atoms with Gasteiger partial charge in [0, 0.05) is 24.2 Å². The van der Waals surface area contributed by atoms with E-state index in [1.54, 1.807) is 7.11 Å². The van der Waals surface area contributed by atoms with Gasteiger partial charge in [0.05, 0.1) is 17.7 Å². The third kappa shape index (κ3) is 4.97. The first-order valence-corrected chi connectivity index (χ1v) is 11.1. The molecule has 0 bridgehead atoms. The Morgan fingerprint density at radius 1 is 1.21 bits per heavy atom. The number of piperidine rings is 1. The molecule has 1 fully saturated rings. The molecule has 1 unspecified atom stereocenters. The molecule has 3 rings (SSSR count). The fourth-order valence-electron chi connectivity index (χ4n) is 3.37. The average molecular weight is 423 g/mol. The van der Waals surface area contributed by atoms with Crippen molar-refractivity contribution < 1.29 is 17.9 Å². The summed E-state index contributed by atoms with van der Waals surface area (Å²) in [4.78, 5) is 14.6. The number of rotatable bonds is 6. The summed E-state index contributed by atoms with van der Waals surface area (Å²) in [6.07, 6.45) is 1.70. The van der Waals surface area contributed by atoms with Crippen LogP contribution in [0.25, 0.3) is 0 Å². The number of amides is 1. The number of hydrogen-bond acceptors (Lipinski definition) is 5. The van der Waals surface area contributed by atoms with E-state index in [1.165, 1.54) is 24.3 Å². The quantitative estimate of drug-likeness (QED) is 0.774. The van der Waals surface area contributed by atoms with E-state index < -0.39 is 21.5 Å². The molecule has 1 saturated heterocycles. The van der Waals surface area contributed by atoms with E-state index in [0.29, 0.717) is 11.6 Å². The van der Waals surface area contributed by atoms with Crippen molar-refractivity contribution in [2.75, 3.05) is 30.9 Å². The summed E-state index contributed by atoms with van der Waals surface area (Å²) in [5.41, 5.74) is 0.970. The highest BCUT2D eigenvalue weighted by atomic mass is 35.5. The van der Waals surface area contributed by atoms with Crippen molar-refractivity contribution in [1.29, 1.82) is 0 Å². The van der Waals surface area contributed by atoms with Crippen molar-refractivity contribution >= 4 is 33.0 Å². The lowest BCUT2D eigenvalue weighted by Crippen LogP contribution is -2.49. The zero-order valence-electron chi connectivity index (χ0n) is 15.6. The van der Waals surface area contributed by atoms with E-state index in [4.69, 9.17) is 16.3 Å². The zero-order valence-corrected chi connectivity index (χ0v) is 17.2. The van der Waals surface area contributed by atoms with Gasteiger partial charge in [-0.2, -0.15) is 0 Å². The second-order valence-corrected chi connectivity index (χ2v) is 9.16. The van der Waals surface area contributed by atoms with E-state index >= 15 is 0 Å². The Morgan fingerprint density at radius 2 is 1.93 bits per heavy atom. The topological polar surface area (TPSA) is 75.7 Å². The van der Waals surface area contributed by atoms with Gasteiger partial charge in [-0.1, -0.05) is 23.7 Å². The minimum atomic E-state index is -3.71. The first-order chi connectivity index (χ1) is 13.4. The number of carbonyl (C=O) groups is 1. The summed E-state index contributed by atoms with van der Waals surface area (Å²) in [6, 6.07) is 13.4. The minimum absolute atomic E-state index is 0.0892. The molecule has 8 heteroatoms. The number of nitrogens with zero attached hydrogens (tertiary/aromatic N) is 1. The molecule has 0 radical (unpaired) electrons. The molecule has 2 aromatic rings. The van der Waals surface area contributed by atoms with Crippen LogP contribution < -0.4 is 15.0 Å². The van der Waals surface area contributed by atoms with Crippen LogP contribution in [-0.2, 0) is 14.6 Å². The number of hydrogen-bond donors (Lipinski definition) is 1. The highest BCUT2D eigenvalue weighted by Crippen LogP contribution is 2.29. The van der Waals surface area contributed by atoms with Crippen LogP contribution in [-0.4, -0.2) is 46.3 Å². The number of carbonyl (C=O) groups excluding carboxylic acids is 1. The molecule has 2 aromatic carbocycles. The Hall–Kier alpha value is -2.25. The molecule has 1 aliphatic heterocycles. The smallest absolute Gasteiger partial charge is 0.235 e. The van der Waals surface area contributed by atoms with Gasteiger partial charge in [0.1, 0.15) is 11.5 Å². The maximum Gasteiger partial charge on any atom is 0.235 e. The first-order valence-electron chi connectivity index (χ1n) is 9.05. The van der Waals surface area contributed by atoms with Crippen molar-refractivity contribution in [1.82, 2.24) is 5.32 Å². The fraction of sp³-hybridized carbons (Fsp3) is 0.350. The SMILES string of the molecule is COc1ccccc1N1CCCC(NC(=O)CS(=O)(=O)c2ccc(Cl)cc2)C1. The first kappa shape index (κ1) is 20.5. The summed E-state index contributed by atoms with van der Waals surface area (Å²) in [5.74, 6) is -0.304. The number of nitrogens with one attached hydrogen (secondary N) is 1. The van der Waals surface area contributed by atoms with Crippen LogP contribution in [0.5, 0.6) is 5.75 Å². The molecule has 0 spiro atoms. The Kier molecular flexibility index (Phi) is 6.46. The standard InChI is InChI=1S/C20H23ClN2O4S/c1-27-19-7-3-2-6-18(19)23-12-4-5-16(13-23)22-20(24)14-28(25,26)17-10-8-15(21)9-11-17/h2-3,6-11,16H,4-5,12-14H2,1H3,(H,22,24). The zero-order chi connectivity index (χ0) is 20.1. The molecule has 150 valence electrons. The van der Waals surface area contributed by atoms with Crippen molar-refractivity contribution in [3.05, 3.63) is 53.6 Å². The Labute approximate surface area is 170 Å². The summed E-state index contributed by atoms with van der Waals surface area (Å²) >= 11 is 5.79. The monoisotopic (exact) mass is 422 g/mol. The lowest BCUT2D eigenvalue weighted by Gasteiger charge is -2.35. The highest BCUT2D eigenvalue weighted by Gasteiger charge is 2.26. The Bertz CT molecular complexity index is 931. The number of anilines is 1. The van der Waals surface area contributed by atoms with Gasteiger partial charge >= 0.3 is 0 Å². The predicted octanol–water partition coefficient (Wildman–Crippen LogP) is 2.91. The molecule has 1 aliphatic rings. The Morgan fingerprint density at radius 3 is 2.64 bits per heavy atom. The maximum atomic E-state index is 12.4. The van der Waals surface area contributed by atoms with Crippen LogP contribution in [0.4, 0.5) is 5.69 Å². The Balaban J connectivity index is 1.63. The van der Waals surface area contributed by atoms with Gasteiger partial charge in [0.2, 0.25) is 5.91 Å². The van der Waals surface area contributed by atoms with Gasteiger partial charge in [-0.15, -0.1) is 0 Å². The summed E-state index contributed by atoms with van der Waals surface area (Å²) in [7, 11) is -2.08. The van der Waals surface area contributed by atoms with Crippen molar-refractivity contribution in [3.63, 3.8) is 0 Å². The summed E-state index contributed by atoms with van der Waals surface area (Å²) in [5, 5.41) is 3.31. The average Bonchev–Trinajstić information content (AvgIpc) is 2.68. The van der Waals surface area contributed by atoms with Gasteiger partial charge in [-0.25, -0.2) is 8.42 Å². The van der Waals surface area contributed by atoms with E-state index in [2.05, 4.69) is 10.2 Å². The molecular formula is C20H23ClN2O4S. The fourth-order valence-corrected chi connectivity index (χ4v) is 4.64. The number of benzene rings is 2. The van der Waals surface area contributed by atoms with Gasteiger partial charge in [0.25, 0.3) is 0 Å². The number of halogens is 1. The summed E-state index contributed by atoms with van der Waals surface area (Å²) < 4.78 is 30.3. The van der Waals surface area contributed by atoms with Crippen LogP contribution in [0.1, 0.15) is 12.8 Å². The number of sulfone groups is 1. The highest BCUT2D eigenvalue weighted by molar-refractivity contribution is 7.92. The molecule has 0 aromatic heterocycles. The predicted molar refractivity (Wildman–Crippen MR) is 110 cm³/mol. The third-order valence-corrected chi connectivity index (χ3v) is 6.59. The molecule has 1 N–H and O–H groups in total. The second-order valence-electron chi connectivity index (χ2n) is 6.74. The molecule has 1 heterocycles. The molecule has 28 heavy (non-hydrogen) atoms. The van der Waals surface area contributed by atoms with Crippen molar-refractivity contribution in [2.24, 2.45) is 0 Å². The van der Waals surface area contributed by atoms with Gasteiger partial charge in [-0.05, 0) is 49.2 Å². The minimum Gasteiger partial charge on any atom is -0.495 e. The van der Waals surface area contributed by atoms with Crippen LogP contribution in [0.3, 0.4) is 0 Å². The summed E-state index contributed by atoms with van der Waals surface area (Å²) in [6.45, 7) is 1.46.